The van der Waals surface area contributed by atoms with Crippen LogP contribution in [0.25, 0.3) is 0 Å². The number of carbonyl (C=O) groups is 2. The Labute approximate surface area is 259 Å². The summed E-state index contributed by atoms with van der Waals surface area (Å²) in [4.78, 5) is 33.3. The highest BCUT2D eigenvalue weighted by Crippen LogP contribution is 2.46. The molecule has 0 aromatic heterocycles. The van der Waals surface area contributed by atoms with Crippen LogP contribution in [-0.2, 0) is 31.2 Å². The Morgan fingerprint density at radius 1 is 0.727 bits per heavy atom. The number of carbonyl (C=O) groups excluding carboxylic acids is 2. The van der Waals surface area contributed by atoms with Crippen LogP contribution in [0.4, 0.5) is 0 Å². The average Bonchev–Trinajstić information content (AvgIpc) is 3.04. The number of hydrogen-bond acceptors (Lipinski definition) is 6. The third-order valence-electron chi connectivity index (χ3n) is 7.30. The normalized spacial score (nSPS) is 12.6. The fraction of sp³-hybridized carbons (Fsp3) is 0.237. The van der Waals surface area contributed by atoms with Gasteiger partial charge in [0.25, 0.3) is 0 Å². The topological polar surface area (TPSA) is 85.2 Å². The Morgan fingerprint density at radius 2 is 1.23 bits per heavy atom. The smallest absolute Gasteiger partial charge is 0.339 e. The molecule has 224 valence electrons. The van der Waals surface area contributed by atoms with Gasteiger partial charge in [0.1, 0.15) is 17.6 Å². The maximum Gasteiger partial charge on any atom is 0.339 e. The molecule has 1 N–H and O–H groups in total. The maximum atomic E-state index is 14.1. The average molecular weight is 588 g/mol. The van der Waals surface area contributed by atoms with Gasteiger partial charge >= 0.3 is 11.9 Å². The summed E-state index contributed by atoms with van der Waals surface area (Å²) in [6.45, 7) is 6.52. The van der Waals surface area contributed by atoms with Gasteiger partial charge in [0.05, 0.1) is 12.8 Å². The molecule has 0 aliphatic heterocycles. The summed E-state index contributed by atoms with van der Waals surface area (Å²) in [6.07, 6.45) is 0. The lowest BCUT2D eigenvalue weighted by molar-refractivity contribution is -0.169. The highest BCUT2D eigenvalue weighted by Gasteiger charge is 2.59. The Kier molecular flexibility index (Phi) is 9.83. The lowest BCUT2D eigenvalue weighted by atomic mass is 9.68. The fourth-order valence-corrected chi connectivity index (χ4v) is 4.85. The van der Waals surface area contributed by atoms with Gasteiger partial charge < -0.3 is 14.6 Å². The minimum atomic E-state index is -1.81. The molecule has 6 nitrogen and oxygen atoms in total. The van der Waals surface area contributed by atoms with Gasteiger partial charge in [-0.1, -0.05) is 115 Å². The second-order valence-corrected chi connectivity index (χ2v) is 11.5. The van der Waals surface area contributed by atoms with Crippen LogP contribution in [0.3, 0.4) is 0 Å². The van der Waals surface area contributed by atoms with Crippen molar-refractivity contribution < 1.29 is 24.2 Å². The van der Waals surface area contributed by atoms with E-state index in [9.17, 15) is 14.7 Å². The van der Waals surface area contributed by atoms with Gasteiger partial charge in [-0.2, -0.15) is 0 Å². The SMILES string of the molecule is COC(=O)[C@](N=C(c1ccccc1)c1ccccc1)(c1ccccc1)C(C)(C)C(=O)OCc1ccc(C#CC(C)(C)O)cc1. The molecule has 44 heavy (non-hydrogen) atoms. The van der Waals surface area contributed by atoms with E-state index in [1.54, 1.807) is 76.2 Å². The minimum absolute atomic E-state index is 0.0263. The monoisotopic (exact) mass is 587 g/mol. The standard InChI is InChI=1S/C38H37NO5/c1-36(2,42)26-25-28-21-23-29(24-22-28)27-44-34(40)37(3,4)38(35(41)43-5,32-19-13-8-14-20-32)39-33(30-15-9-6-10-16-30)31-17-11-7-12-18-31/h6-24,42H,27H2,1-5H3/t38-/m1/s1. The van der Waals surface area contributed by atoms with Crippen molar-refractivity contribution in [1.29, 1.82) is 0 Å². The van der Waals surface area contributed by atoms with Crippen LogP contribution in [-0.4, -0.2) is 35.5 Å². The number of nitrogens with zero attached hydrogens (tertiary/aromatic N) is 1. The van der Waals surface area contributed by atoms with Gasteiger partial charge in [0, 0.05) is 16.7 Å². The Bertz CT molecular complexity index is 1620. The van der Waals surface area contributed by atoms with E-state index in [0.717, 1.165) is 22.3 Å². The second kappa shape index (κ2) is 13.5. The van der Waals surface area contributed by atoms with Crippen molar-refractivity contribution in [3.05, 3.63) is 143 Å². The first-order chi connectivity index (χ1) is 21.0. The zero-order valence-electron chi connectivity index (χ0n) is 25.7. The molecule has 0 spiro atoms. The molecule has 0 fully saturated rings. The number of hydrogen-bond donors (Lipinski definition) is 1. The molecule has 1 atom stereocenters. The quantitative estimate of drug-likeness (QED) is 0.138. The second-order valence-electron chi connectivity index (χ2n) is 11.5. The summed E-state index contributed by atoms with van der Waals surface area (Å²) < 4.78 is 11.3. The van der Waals surface area contributed by atoms with Crippen molar-refractivity contribution in [3.63, 3.8) is 0 Å². The molecule has 0 bridgehead atoms. The van der Waals surface area contributed by atoms with Crippen LogP contribution in [0.15, 0.2) is 120 Å². The summed E-state index contributed by atoms with van der Waals surface area (Å²) >= 11 is 0. The summed E-state index contributed by atoms with van der Waals surface area (Å²) in [6, 6.07) is 35.3. The predicted octanol–water partition coefficient (Wildman–Crippen LogP) is 6.48. The molecule has 0 amide bonds. The predicted molar refractivity (Wildman–Crippen MR) is 172 cm³/mol. The maximum absolute atomic E-state index is 14.1. The fourth-order valence-electron chi connectivity index (χ4n) is 4.85. The van der Waals surface area contributed by atoms with Crippen LogP contribution >= 0.6 is 0 Å². The van der Waals surface area contributed by atoms with E-state index in [-0.39, 0.29) is 6.61 Å². The zero-order chi connectivity index (χ0) is 31.8. The Balaban J connectivity index is 1.80. The molecule has 0 saturated heterocycles. The van der Waals surface area contributed by atoms with Crippen LogP contribution in [0.1, 0.15) is 55.5 Å². The van der Waals surface area contributed by atoms with Crippen LogP contribution in [0.5, 0.6) is 0 Å². The van der Waals surface area contributed by atoms with Crippen LogP contribution in [0.2, 0.25) is 0 Å². The van der Waals surface area contributed by atoms with E-state index in [0.29, 0.717) is 11.3 Å². The third-order valence-corrected chi connectivity index (χ3v) is 7.30. The highest BCUT2D eigenvalue weighted by atomic mass is 16.5. The van der Waals surface area contributed by atoms with E-state index < -0.39 is 28.5 Å². The Hall–Kier alpha value is -4.99. The zero-order valence-corrected chi connectivity index (χ0v) is 25.7. The van der Waals surface area contributed by atoms with Crippen molar-refractivity contribution in [1.82, 2.24) is 0 Å². The van der Waals surface area contributed by atoms with Gasteiger partial charge in [0.15, 0.2) is 5.54 Å². The number of esters is 2. The van der Waals surface area contributed by atoms with E-state index in [4.69, 9.17) is 14.5 Å². The summed E-state index contributed by atoms with van der Waals surface area (Å²) in [5, 5.41) is 9.87. The molecular formula is C38H37NO5. The number of benzene rings is 4. The van der Waals surface area contributed by atoms with E-state index in [2.05, 4.69) is 11.8 Å². The first kappa shape index (κ1) is 31.9. The molecule has 4 rings (SSSR count). The van der Waals surface area contributed by atoms with Crippen molar-refractivity contribution in [2.45, 2.75) is 45.4 Å². The molecule has 0 aliphatic rings. The number of ether oxygens (including phenoxy) is 2. The van der Waals surface area contributed by atoms with Gasteiger partial charge in [-0.25, -0.2) is 4.79 Å². The molecule has 0 aliphatic carbocycles. The molecule has 0 radical (unpaired) electrons. The van der Waals surface area contributed by atoms with E-state index in [1.807, 2.05) is 66.7 Å². The molecule has 0 unspecified atom stereocenters. The first-order valence-corrected chi connectivity index (χ1v) is 14.3. The van der Waals surface area contributed by atoms with Gasteiger partial charge in [-0.15, -0.1) is 0 Å². The first-order valence-electron chi connectivity index (χ1n) is 14.3. The van der Waals surface area contributed by atoms with Gasteiger partial charge in [-0.3, -0.25) is 9.79 Å². The molecule has 0 heterocycles. The lowest BCUT2D eigenvalue weighted by Gasteiger charge is -2.40. The Morgan fingerprint density at radius 3 is 1.70 bits per heavy atom. The summed E-state index contributed by atoms with van der Waals surface area (Å²) in [7, 11) is 1.30. The lowest BCUT2D eigenvalue weighted by Crippen LogP contribution is -2.53. The minimum Gasteiger partial charge on any atom is -0.467 e. The van der Waals surface area contributed by atoms with Crippen LogP contribution in [0, 0.1) is 17.3 Å². The van der Waals surface area contributed by atoms with Crippen molar-refractivity contribution >= 4 is 17.7 Å². The number of aliphatic hydroxyl groups is 1. The van der Waals surface area contributed by atoms with Gasteiger partial charge in [-0.05, 0) is 51.0 Å². The van der Waals surface area contributed by atoms with Crippen molar-refractivity contribution in [2.24, 2.45) is 10.4 Å². The number of aliphatic imine (C=N–C) groups is 1. The molecule has 0 saturated carbocycles. The molecule has 4 aromatic carbocycles. The molecule has 4 aromatic rings. The number of rotatable bonds is 9. The third kappa shape index (κ3) is 7.14. The van der Waals surface area contributed by atoms with Gasteiger partial charge in [0.2, 0.25) is 0 Å². The number of methoxy groups -OCH3 is 1. The van der Waals surface area contributed by atoms with Crippen molar-refractivity contribution in [2.75, 3.05) is 7.11 Å². The van der Waals surface area contributed by atoms with E-state index >= 15 is 0 Å². The summed E-state index contributed by atoms with van der Waals surface area (Å²) in [5.41, 5.74) is -0.388. The highest BCUT2D eigenvalue weighted by molar-refractivity contribution is 6.14. The van der Waals surface area contributed by atoms with Crippen LogP contribution < -0.4 is 0 Å². The molecule has 6 heteroatoms. The molecular weight excluding hydrogens is 550 g/mol. The largest absolute Gasteiger partial charge is 0.467 e. The summed E-state index contributed by atoms with van der Waals surface area (Å²) in [5.74, 6) is 4.39. The van der Waals surface area contributed by atoms with Crippen molar-refractivity contribution in [3.8, 4) is 11.8 Å². The van der Waals surface area contributed by atoms with E-state index in [1.165, 1.54) is 7.11 Å².